The van der Waals surface area contributed by atoms with E-state index >= 15 is 0 Å². The maximum atomic E-state index is 12.6. The minimum absolute atomic E-state index is 0.132. The molecule has 196 valence electrons. The molecule has 0 spiro atoms. The first-order chi connectivity index (χ1) is 18.0. The van der Waals surface area contributed by atoms with Gasteiger partial charge in [0, 0.05) is 38.3 Å². The van der Waals surface area contributed by atoms with Crippen molar-refractivity contribution < 1.29 is 19.1 Å². The third-order valence-corrected chi connectivity index (χ3v) is 7.22. The van der Waals surface area contributed by atoms with E-state index in [-0.39, 0.29) is 24.8 Å². The first-order valence-electron chi connectivity index (χ1n) is 12.6. The zero-order valence-electron chi connectivity index (χ0n) is 20.5. The van der Waals surface area contributed by atoms with Gasteiger partial charge in [-0.05, 0) is 36.5 Å². The SMILES string of the molecule is O=C(NCC(O)CN1CCc2c(ccc(OCc3cnco3)c2Cl)C1)c1cc(NC2CCCC2)ncn1. The fourth-order valence-corrected chi connectivity index (χ4v) is 5.21. The van der Waals surface area contributed by atoms with Crippen molar-refractivity contribution in [1.29, 1.82) is 0 Å². The van der Waals surface area contributed by atoms with Crippen LogP contribution >= 0.6 is 11.6 Å². The van der Waals surface area contributed by atoms with Gasteiger partial charge in [-0.2, -0.15) is 0 Å². The van der Waals surface area contributed by atoms with Crippen molar-refractivity contribution in [2.45, 2.75) is 57.4 Å². The average Bonchev–Trinajstić information content (AvgIpc) is 3.62. The summed E-state index contributed by atoms with van der Waals surface area (Å²) in [6.07, 6.45) is 9.04. The third kappa shape index (κ3) is 6.57. The molecule has 0 radical (unpaired) electrons. The monoisotopic (exact) mass is 526 g/mol. The van der Waals surface area contributed by atoms with Gasteiger partial charge in [-0.25, -0.2) is 15.0 Å². The van der Waals surface area contributed by atoms with E-state index in [2.05, 4.69) is 30.5 Å². The fraction of sp³-hybridized carbons (Fsp3) is 0.462. The lowest BCUT2D eigenvalue weighted by molar-refractivity contribution is 0.0838. The van der Waals surface area contributed by atoms with E-state index in [1.54, 1.807) is 12.3 Å². The molecule has 11 heteroatoms. The van der Waals surface area contributed by atoms with Crippen molar-refractivity contribution in [3.05, 3.63) is 64.7 Å². The minimum Gasteiger partial charge on any atom is -0.484 e. The van der Waals surface area contributed by atoms with Gasteiger partial charge in [0.1, 0.15) is 30.2 Å². The summed E-state index contributed by atoms with van der Waals surface area (Å²) in [7, 11) is 0. The molecular formula is C26H31ClN6O4. The highest BCUT2D eigenvalue weighted by atomic mass is 35.5. The van der Waals surface area contributed by atoms with Crippen LogP contribution in [0.2, 0.25) is 5.02 Å². The van der Waals surface area contributed by atoms with Crippen LogP contribution in [0.1, 0.15) is 53.1 Å². The number of oxazole rings is 1. The number of ether oxygens (including phenoxy) is 1. The first kappa shape index (κ1) is 25.4. The second kappa shape index (κ2) is 11.9. The second-order valence-electron chi connectivity index (χ2n) is 9.53. The highest BCUT2D eigenvalue weighted by Gasteiger charge is 2.23. The number of halogens is 1. The van der Waals surface area contributed by atoms with Crippen molar-refractivity contribution in [1.82, 2.24) is 25.2 Å². The van der Waals surface area contributed by atoms with Crippen LogP contribution in [0.25, 0.3) is 0 Å². The minimum atomic E-state index is -0.719. The Morgan fingerprint density at radius 2 is 2.16 bits per heavy atom. The van der Waals surface area contributed by atoms with Crippen molar-refractivity contribution in [2.24, 2.45) is 0 Å². The summed E-state index contributed by atoms with van der Waals surface area (Å²) < 4.78 is 11.0. The summed E-state index contributed by atoms with van der Waals surface area (Å²) in [6.45, 7) is 2.22. The Labute approximate surface area is 220 Å². The van der Waals surface area contributed by atoms with E-state index in [4.69, 9.17) is 20.8 Å². The number of aliphatic hydroxyl groups excluding tert-OH is 1. The van der Waals surface area contributed by atoms with Crippen molar-refractivity contribution >= 4 is 23.3 Å². The molecule has 2 aliphatic rings. The van der Waals surface area contributed by atoms with Crippen LogP contribution in [-0.2, 0) is 19.6 Å². The number of nitrogens with zero attached hydrogens (tertiary/aromatic N) is 4. The molecule has 3 aromatic rings. The number of carbonyl (C=O) groups is 1. The van der Waals surface area contributed by atoms with Gasteiger partial charge < -0.3 is 24.9 Å². The van der Waals surface area contributed by atoms with Gasteiger partial charge in [-0.1, -0.05) is 30.5 Å². The average molecular weight is 527 g/mol. The number of amides is 1. The van der Waals surface area contributed by atoms with Crippen LogP contribution in [0.15, 0.2) is 41.5 Å². The number of fused-ring (bicyclic) bond motifs is 1. The standard InChI is InChI=1S/C26H31ClN6O4/c27-25-21-7-8-33(12-17(21)5-6-23(25)36-14-20-11-28-16-37-20)13-19(34)10-29-26(35)22-9-24(31-15-30-22)32-18-3-1-2-4-18/h5-6,9,11,15-16,18-19,34H,1-4,7-8,10,12-14H2,(H,29,35)(H,30,31,32). The largest absolute Gasteiger partial charge is 0.484 e. The van der Waals surface area contributed by atoms with Crippen LogP contribution in [0.3, 0.4) is 0 Å². The summed E-state index contributed by atoms with van der Waals surface area (Å²) in [5, 5.41) is 17.4. The Kier molecular flexibility index (Phi) is 8.18. The molecular weight excluding hydrogens is 496 g/mol. The Morgan fingerprint density at radius 3 is 2.97 bits per heavy atom. The summed E-state index contributed by atoms with van der Waals surface area (Å²) in [5.74, 6) is 1.57. The third-order valence-electron chi connectivity index (χ3n) is 6.80. The van der Waals surface area contributed by atoms with E-state index in [9.17, 15) is 9.90 Å². The van der Waals surface area contributed by atoms with E-state index in [0.29, 0.717) is 41.5 Å². The van der Waals surface area contributed by atoms with Gasteiger partial charge in [0.25, 0.3) is 5.91 Å². The molecule has 1 aliphatic heterocycles. The molecule has 0 bridgehead atoms. The molecule has 1 fully saturated rings. The molecule has 1 aliphatic carbocycles. The molecule has 3 N–H and O–H groups in total. The van der Waals surface area contributed by atoms with Crippen LogP contribution in [-0.4, -0.2) is 62.6 Å². The van der Waals surface area contributed by atoms with E-state index in [0.717, 1.165) is 36.9 Å². The number of rotatable bonds is 10. The topological polar surface area (TPSA) is 126 Å². The lowest BCUT2D eigenvalue weighted by Crippen LogP contribution is -2.42. The highest BCUT2D eigenvalue weighted by molar-refractivity contribution is 6.33. The van der Waals surface area contributed by atoms with E-state index < -0.39 is 6.10 Å². The normalized spacial score (nSPS) is 16.8. The Hall–Kier alpha value is -3.21. The van der Waals surface area contributed by atoms with Gasteiger partial charge in [-0.3, -0.25) is 9.69 Å². The predicted octanol–water partition coefficient (Wildman–Crippen LogP) is 3.20. The zero-order valence-corrected chi connectivity index (χ0v) is 21.3. The maximum absolute atomic E-state index is 12.6. The van der Waals surface area contributed by atoms with Gasteiger partial charge >= 0.3 is 0 Å². The van der Waals surface area contributed by atoms with Gasteiger partial charge in [0.2, 0.25) is 0 Å². The number of hydrogen-bond donors (Lipinski definition) is 3. The molecule has 2 aromatic heterocycles. The van der Waals surface area contributed by atoms with Crippen molar-refractivity contribution in [3.8, 4) is 5.75 Å². The van der Waals surface area contributed by atoms with E-state index in [1.807, 2.05) is 12.1 Å². The Balaban J connectivity index is 1.10. The molecule has 5 rings (SSSR count). The number of hydrogen-bond acceptors (Lipinski definition) is 9. The van der Waals surface area contributed by atoms with E-state index in [1.165, 1.54) is 25.6 Å². The molecule has 1 amide bonds. The summed E-state index contributed by atoms with van der Waals surface area (Å²) in [4.78, 5) is 27.0. The lowest BCUT2D eigenvalue weighted by atomic mass is 9.99. The summed E-state index contributed by atoms with van der Waals surface area (Å²) in [5.41, 5.74) is 2.44. The highest BCUT2D eigenvalue weighted by Crippen LogP contribution is 2.34. The van der Waals surface area contributed by atoms with Crippen LogP contribution in [0.4, 0.5) is 5.82 Å². The van der Waals surface area contributed by atoms with Crippen LogP contribution in [0, 0.1) is 0 Å². The second-order valence-corrected chi connectivity index (χ2v) is 9.91. The number of β-amino-alcohol motifs (C(OH)–C–C–N with tert-alkyl or cyclic N) is 1. The fourth-order valence-electron chi connectivity index (χ4n) is 4.88. The zero-order chi connectivity index (χ0) is 25.6. The molecule has 10 nitrogen and oxygen atoms in total. The van der Waals surface area contributed by atoms with Gasteiger partial charge in [-0.15, -0.1) is 0 Å². The van der Waals surface area contributed by atoms with Gasteiger partial charge in [0.05, 0.1) is 17.3 Å². The predicted molar refractivity (Wildman–Crippen MR) is 138 cm³/mol. The van der Waals surface area contributed by atoms with Gasteiger partial charge in [0.15, 0.2) is 12.2 Å². The Bertz CT molecular complexity index is 1200. The Morgan fingerprint density at radius 1 is 1.30 bits per heavy atom. The molecule has 1 unspecified atom stereocenters. The molecule has 1 saturated carbocycles. The molecule has 1 atom stereocenters. The number of anilines is 1. The number of carbonyl (C=O) groups excluding carboxylic acids is 1. The molecule has 0 saturated heterocycles. The molecule has 37 heavy (non-hydrogen) atoms. The molecule has 1 aromatic carbocycles. The maximum Gasteiger partial charge on any atom is 0.270 e. The number of benzene rings is 1. The summed E-state index contributed by atoms with van der Waals surface area (Å²) >= 11 is 6.62. The van der Waals surface area contributed by atoms with Crippen molar-refractivity contribution in [3.63, 3.8) is 0 Å². The van der Waals surface area contributed by atoms with Crippen LogP contribution < -0.4 is 15.4 Å². The van der Waals surface area contributed by atoms with Crippen LogP contribution in [0.5, 0.6) is 5.75 Å². The number of nitrogens with one attached hydrogen (secondary N) is 2. The van der Waals surface area contributed by atoms with Crippen molar-refractivity contribution in [2.75, 3.05) is 25.0 Å². The molecule has 3 heterocycles. The number of aromatic nitrogens is 3. The lowest BCUT2D eigenvalue weighted by Gasteiger charge is -2.31. The first-order valence-corrected chi connectivity index (χ1v) is 13.0. The summed E-state index contributed by atoms with van der Waals surface area (Å²) in [6, 6.07) is 5.92. The smallest absolute Gasteiger partial charge is 0.270 e. The number of aliphatic hydroxyl groups is 1. The quantitative estimate of drug-likeness (QED) is 0.365.